The Kier molecular flexibility index (Phi) is 10.5. The maximum Gasteiger partial charge on any atom is 0.305 e. The van der Waals surface area contributed by atoms with Crippen LogP contribution in [-0.4, -0.2) is 43.3 Å². The minimum absolute atomic E-state index is 0.0875. The zero-order chi connectivity index (χ0) is 23.6. The summed E-state index contributed by atoms with van der Waals surface area (Å²) in [5, 5.41) is 10.6. The second-order valence-corrected chi connectivity index (χ2v) is 9.93. The Hall–Kier alpha value is -1.61. The normalized spacial score (nSPS) is 32.4. The molecule has 5 heteroatoms. The minimum atomic E-state index is -0.494. The van der Waals surface area contributed by atoms with E-state index in [-0.39, 0.29) is 24.3 Å². The van der Waals surface area contributed by atoms with Crippen LogP contribution in [0.3, 0.4) is 0 Å². The predicted molar refractivity (Wildman–Crippen MR) is 129 cm³/mol. The summed E-state index contributed by atoms with van der Waals surface area (Å²) in [6.45, 7) is 4.67. The van der Waals surface area contributed by atoms with Gasteiger partial charge in [-0.05, 0) is 76.0 Å². The largest absolute Gasteiger partial charge is 0.469 e. The Balaban J connectivity index is 1.62. The van der Waals surface area contributed by atoms with Gasteiger partial charge in [0.2, 0.25) is 0 Å². The molecule has 3 rings (SSSR count). The number of allylic oxidation sites excluding steroid dienone is 2. The van der Waals surface area contributed by atoms with Gasteiger partial charge in [0.25, 0.3) is 0 Å². The van der Waals surface area contributed by atoms with Gasteiger partial charge in [0.15, 0.2) is 6.29 Å². The van der Waals surface area contributed by atoms with E-state index in [0.29, 0.717) is 30.6 Å². The second-order valence-electron chi connectivity index (χ2n) is 9.93. The molecule has 5 nitrogen and oxygen atoms in total. The van der Waals surface area contributed by atoms with Crippen LogP contribution < -0.4 is 0 Å². The summed E-state index contributed by atoms with van der Waals surface area (Å²) in [6.07, 6.45) is 15.5. The Morgan fingerprint density at radius 2 is 2.18 bits per heavy atom. The molecule has 7 atom stereocenters. The van der Waals surface area contributed by atoms with E-state index in [4.69, 9.17) is 14.2 Å². The molecule has 2 aliphatic carbocycles. The number of rotatable bonds is 10. The molecule has 0 spiro atoms. The van der Waals surface area contributed by atoms with E-state index in [9.17, 15) is 9.90 Å². The second kappa shape index (κ2) is 13.3. The fourth-order valence-electron chi connectivity index (χ4n) is 5.54. The molecule has 0 radical (unpaired) electrons. The number of aliphatic hydroxyl groups is 1. The topological polar surface area (TPSA) is 65.0 Å². The van der Waals surface area contributed by atoms with Crippen molar-refractivity contribution in [2.45, 2.75) is 96.6 Å². The number of ether oxygens (including phenoxy) is 3. The van der Waals surface area contributed by atoms with Crippen LogP contribution in [0.5, 0.6) is 0 Å². The summed E-state index contributed by atoms with van der Waals surface area (Å²) in [6, 6.07) is 0. The molecular formula is C28H42O5. The van der Waals surface area contributed by atoms with Crippen LogP contribution in [0.15, 0.2) is 23.8 Å². The van der Waals surface area contributed by atoms with E-state index in [1.54, 1.807) is 0 Å². The molecule has 0 bridgehead atoms. The van der Waals surface area contributed by atoms with Crippen LogP contribution >= 0.6 is 0 Å². The summed E-state index contributed by atoms with van der Waals surface area (Å²) < 4.78 is 17.1. The van der Waals surface area contributed by atoms with Crippen molar-refractivity contribution in [3.05, 3.63) is 23.8 Å². The number of methoxy groups -OCH3 is 1. The maximum atomic E-state index is 11.3. The molecule has 2 unspecified atom stereocenters. The first-order valence-electron chi connectivity index (χ1n) is 12.8. The number of fused-ring (bicyclic) bond motifs is 1. The maximum absolute atomic E-state index is 11.3. The van der Waals surface area contributed by atoms with Crippen LogP contribution in [0.25, 0.3) is 0 Å². The number of esters is 1. The Bertz CT molecular complexity index is 739. The molecule has 1 aliphatic heterocycles. The quantitative estimate of drug-likeness (QED) is 0.211. The van der Waals surface area contributed by atoms with Crippen LogP contribution in [0.4, 0.5) is 0 Å². The van der Waals surface area contributed by atoms with E-state index in [2.05, 4.69) is 24.0 Å². The van der Waals surface area contributed by atoms with Crippen LogP contribution in [0, 0.1) is 35.5 Å². The molecule has 1 heterocycles. The van der Waals surface area contributed by atoms with Gasteiger partial charge >= 0.3 is 5.97 Å². The standard InChI is InChI=1S/C28H42O5/c1-4-5-10-20(2)25(29)15-14-23-24-18-21(11-6-7-12-27(30)31-3)17-22(24)19-26(23)33-28-13-8-9-16-32-28/h11,14-15,20,22-26,28-29H,6-10,12-13,16-19H2,1-3H3/b15-14+,21-11+/t20-,22?,23+,24-,25-,26+,28?/m0/s1. The van der Waals surface area contributed by atoms with Crippen molar-refractivity contribution in [3.63, 3.8) is 0 Å². The molecule has 1 N–H and O–H groups in total. The third-order valence-electron chi connectivity index (χ3n) is 7.51. The lowest BCUT2D eigenvalue weighted by Gasteiger charge is -2.29. The Morgan fingerprint density at radius 3 is 2.91 bits per heavy atom. The van der Waals surface area contributed by atoms with Crippen molar-refractivity contribution in [1.29, 1.82) is 0 Å². The highest BCUT2D eigenvalue weighted by atomic mass is 16.7. The zero-order valence-electron chi connectivity index (χ0n) is 20.6. The lowest BCUT2D eigenvalue weighted by Crippen LogP contribution is -2.31. The fourth-order valence-corrected chi connectivity index (χ4v) is 5.54. The highest BCUT2D eigenvalue weighted by Gasteiger charge is 2.47. The van der Waals surface area contributed by atoms with E-state index in [1.807, 2.05) is 19.9 Å². The highest BCUT2D eigenvalue weighted by molar-refractivity contribution is 5.69. The van der Waals surface area contributed by atoms with E-state index >= 15 is 0 Å². The Labute approximate surface area is 199 Å². The molecule has 0 aromatic heterocycles. The summed E-state index contributed by atoms with van der Waals surface area (Å²) in [5.74, 6) is 7.42. The smallest absolute Gasteiger partial charge is 0.305 e. The van der Waals surface area contributed by atoms with Crippen LogP contribution in [0.2, 0.25) is 0 Å². The first kappa shape index (κ1) is 26.0. The third kappa shape index (κ3) is 7.70. The van der Waals surface area contributed by atoms with E-state index < -0.39 is 6.10 Å². The molecule has 33 heavy (non-hydrogen) atoms. The average molecular weight is 459 g/mol. The molecular weight excluding hydrogens is 416 g/mol. The molecule has 0 amide bonds. The number of hydrogen-bond acceptors (Lipinski definition) is 5. The van der Waals surface area contributed by atoms with Gasteiger partial charge < -0.3 is 19.3 Å². The van der Waals surface area contributed by atoms with Crippen LogP contribution in [0.1, 0.15) is 78.1 Å². The summed E-state index contributed by atoms with van der Waals surface area (Å²) in [7, 11) is 1.44. The Morgan fingerprint density at radius 1 is 1.33 bits per heavy atom. The van der Waals surface area contributed by atoms with E-state index in [0.717, 1.165) is 58.0 Å². The van der Waals surface area contributed by atoms with E-state index in [1.165, 1.54) is 12.7 Å². The van der Waals surface area contributed by atoms with Crippen molar-refractivity contribution in [1.82, 2.24) is 0 Å². The van der Waals surface area contributed by atoms with Gasteiger partial charge in [-0.2, -0.15) is 0 Å². The monoisotopic (exact) mass is 458 g/mol. The van der Waals surface area contributed by atoms with Gasteiger partial charge in [-0.3, -0.25) is 4.79 Å². The summed E-state index contributed by atoms with van der Waals surface area (Å²) in [4.78, 5) is 11.3. The molecule has 3 aliphatic rings. The number of unbranched alkanes of at least 4 members (excludes halogenated alkanes) is 1. The lowest BCUT2D eigenvalue weighted by atomic mass is 9.89. The van der Waals surface area contributed by atoms with Gasteiger partial charge in [-0.25, -0.2) is 0 Å². The van der Waals surface area contributed by atoms with Crippen molar-refractivity contribution >= 4 is 5.97 Å². The molecule has 2 saturated carbocycles. The summed E-state index contributed by atoms with van der Waals surface area (Å²) >= 11 is 0. The third-order valence-corrected chi connectivity index (χ3v) is 7.51. The minimum Gasteiger partial charge on any atom is -0.469 e. The fraction of sp³-hybridized carbons (Fsp3) is 0.750. The zero-order valence-corrected chi connectivity index (χ0v) is 20.6. The van der Waals surface area contributed by atoms with Gasteiger partial charge in [0, 0.05) is 25.4 Å². The molecule has 3 fully saturated rings. The predicted octanol–water partition coefficient (Wildman–Crippen LogP) is 5.18. The van der Waals surface area contributed by atoms with Crippen molar-refractivity contribution in [3.8, 4) is 11.8 Å². The number of carbonyl (C=O) groups excluding carboxylic acids is 1. The lowest BCUT2D eigenvalue weighted by molar-refractivity contribution is -0.193. The summed E-state index contributed by atoms with van der Waals surface area (Å²) in [5.41, 5.74) is 1.51. The number of aliphatic hydroxyl groups excluding tert-OH is 1. The van der Waals surface area contributed by atoms with Gasteiger partial charge in [0.05, 0.1) is 19.3 Å². The molecule has 0 aromatic carbocycles. The average Bonchev–Trinajstić information content (AvgIpc) is 3.36. The first-order valence-corrected chi connectivity index (χ1v) is 12.8. The number of carbonyl (C=O) groups is 1. The van der Waals surface area contributed by atoms with Crippen molar-refractivity contribution < 1.29 is 24.1 Å². The van der Waals surface area contributed by atoms with Gasteiger partial charge in [-0.1, -0.05) is 30.7 Å². The number of hydrogen-bond donors (Lipinski definition) is 1. The van der Waals surface area contributed by atoms with Crippen LogP contribution in [-0.2, 0) is 19.0 Å². The van der Waals surface area contributed by atoms with Gasteiger partial charge in [0.1, 0.15) is 0 Å². The van der Waals surface area contributed by atoms with Gasteiger partial charge in [-0.15, -0.1) is 11.8 Å². The van der Waals surface area contributed by atoms with Crippen molar-refractivity contribution in [2.24, 2.45) is 23.7 Å². The molecule has 0 aromatic rings. The highest BCUT2D eigenvalue weighted by Crippen LogP contribution is 2.52. The van der Waals surface area contributed by atoms with Crippen molar-refractivity contribution in [2.75, 3.05) is 13.7 Å². The SMILES string of the molecule is CC#CC[C@H](C)[C@@H](O)/C=C/[C@H]1[C@H](OC2CCCCO2)CC2C/C(=C\CCCC(=O)OC)C[C@@H]21. The molecule has 1 saturated heterocycles. The first-order chi connectivity index (χ1) is 16.0. The molecule has 184 valence electrons.